The third kappa shape index (κ3) is 4.70. The molecule has 1 aromatic heterocycles. The zero-order valence-electron chi connectivity index (χ0n) is 15.0. The number of aromatic nitrogens is 2. The van der Waals surface area contributed by atoms with E-state index in [1.807, 2.05) is 4.90 Å². The van der Waals surface area contributed by atoms with Crippen molar-refractivity contribution in [3.63, 3.8) is 0 Å². The molecule has 2 fully saturated rings. The molecular weight excluding hydrogens is 338 g/mol. The second-order valence-corrected chi connectivity index (χ2v) is 6.64. The molecule has 0 saturated carbocycles. The summed E-state index contributed by atoms with van der Waals surface area (Å²) in [5, 5.41) is 14.6. The topological polar surface area (TPSA) is 123 Å². The summed E-state index contributed by atoms with van der Waals surface area (Å²) < 4.78 is 5.34. The van der Waals surface area contributed by atoms with Crippen molar-refractivity contribution in [2.24, 2.45) is 0 Å². The Hall–Kier alpha value is -2.20. The molecule has 0 unspecified atom stereocenters. The third-order valence-electron chi connectivity index (χ3n) is 4.77. The summed E-state index contributed by atoms with van der Waals surface area (Å²) >= 11 is 0. The van der Waals surface area contributed by atoms with Crippen LogP contribution in [0.1, 0.15) is 25.7 Å². The van der Waals surface area contributed by atoms with E-state index in [1.165, 1.54) is 0 Å². The van der Waals surface area contributed by atoms with Crippen LogP contribution in [0.4, 0.5) is 23.3 Å². The summed E-state index contributed by atoms with van der Waals surface area (Å²) in [6.07, 6.45) is 4.07. The summed E-state index contributed by atoms with van der Waals surface area (Å²) in [5.74, 6) is 0.606. The first kappa shape index (κ1) is 18.6. The Balaban J connectivity index is 1.63. The fourth-order valence-corrected chi connectivity index (χ4v) is 3.37. The van der Waals surface area contributed by atoms with E-state index in [1.54, 1.807) is 0 Å². The molecule has 0 aliphatic carbocycles. The number of morpholine rings is 1. The Morgan fingerprint density at radius 2 is 1.88 bits per heavy atom. The lowest BCUT2D eigenvalue weighted by atomic mass is 10.1. The van der Waals surface area contributed by atoms with Crippen molar-refractivity contribution < 1.29 is 9.66 Å². The average molecular weight is 365 g/mol. The van der Waals surface area contributed by atoms with Crippen molar-refractivity contribution in [3.05, 3.63) is 10.1 Å². The highest BCUT2D eigenvalue weighted by atomic mass is 16.6. The minimum atomic E-state index is -0.485. The largest absolute Gasteiger partial charge is 0.379 e. The van der Waals surface area contributed by atoms with E-state index in [9.17, 15) is 10.1 Å². The number of hydrogen-bond acceptors (Lipinski definition) is 9. The maximum absolute atomic E-state index is 11.4. The number of nitrogens with one attached hydrogen (secondary N) is 1. The van der Waals surface area contributed by atoms with Gasteiger partial charge in [-0.05, 0) is 32.2 Å². The average Bonchev–Trinajstić information content (AvgIpc) is 2.66. The Kier molecular flexibility index (Phi) is 6.40. The number of nitrogens with two attached hydrogens (primary N) is 1. The minimum Gasteiger partial charge on any atom is -0.379 e. The van der Waals surface area contributed by atoms with Crippen LogP contribution in [0.5, 0.6) is 0 Å². The summed E-state index contributed by atoms with van der Waals surface area (Å²) in [5.41, 5.74) is 5.68. The van der Waals surface area contributed by atoms with E-state index < -0.39 is 4.92 Å². The molecule has 144 valence electrons. The van der Waals surface area contributed by atoms with Gasteiger partial charge in [-0.2, -0.15) is 9.97 Å². The number of piperidine rings is 1. The molecule has 3 heterocycles. The highest BCUT2D eigenvalue weighted by molar-refractivity contribution is 5.71. The first-order valence-electron chi connectivity index (χ1n) is 9.26. The number of ether oxygens (including phenoxy) is 1. The van der Waals surface area contributed by atoms with Crippen LogP contribution in [0.2, 0.25) is 0 Å². The lowest BCUT2D eigenvalue weighted by molar-refractivity contribution is -0.383. The van der Waals surface area contributed by atoms with Crippen LogP contribution >= 0.6 is 0 Å². The van der Waals surface area contributed by atoms with Crippen molar-refractivity contribution in [1.29, 1.82) is 0 Å². The highest BCUT2D eigenvalue weighted by Crippen LogP contribution is 2.33. The highest BCUT2D eigenvalue weighted by Gasteiger charge is 2.28. The molecule has 3 N–H and O–H groups in total. The molecule has 3 rings (SSSR count). The van der Waals surface area contributed by atoms with Crippen LogP contribution in [0.15, 0.2) is 0 Å². The van der Waals surface area contributed by atoms with E-state index >= 15 is 0 Å². The zero-order valence-corrected chi connectivity index (χ0v) is 15.0. The lowest BCUT2D eigenvalue weighted by Gasteiger charge is -2.27. The van der Waals surface area contributed by atoms with E-state index in [-0.39, 0.29) is 11.5 Å². The molecule has 26 heavy (non-hydrogen) atoms. The predicted octanol–water partition coefficient (Wildman–Crippen LogP) is 1.09. The molecule has 0 amide bonds. The van der Waals surface area contributed by atoms with Gasteiger partial charge < -0.3 is 20.7 Å². The summed E-state index contributed by atoms with van der Waals surface area (Å²) in [4.78, 5) is 23.7. The fraction of sp³-hybridized carbons (Fsp3) is 0.750. The van der Waals surface area contributed by atoms with Crippen LogP contribution < -0.4 is 16.0 Å². The molecule has 0 spiro atoms. The Labute approximate surface area is 152 Å². The van der Waals surface area contributed by atoms with Gasteiger partial charge in [0.15, 0.2) is 0 Å². The number of nitro groups is 1. The van der Waals surface area contributed by atoms with Gasteiger partial charge in [-0.15, -0.1) is 0 Å². The summed E-state index contributed by atoms with van der Waals surface area (Å²) in [6.45, 7) is 6.66. The first-order valence-corrected chi connectivity index (χ1v) is 9.26. The summed E-state index contributed by atoms with van der Waals surface area (Å²) in [7, 11) is 0. The molecule has 1 aromatic rings. The van der Waals surface area contributed by atoms with Crippen molar-refractivity contribution in [3.8, 4) is 0 Å². The van der Waals surface area contributed by atoms with Crippen molar-refractivity contribution >= 4 is 23.3 Å². The molecule has 0 radical (unpaired) electrons. The number of rotatable bonds is 7. The van der Waals surface area contributed by atoms with E-state index in [0.29, 0.717) is 18.3 Å². The second-order valence-electron chi connectivity index (χ2n) is 6.64. The molecular formula is C16H27N7O3. The standard InChI is InChI=1S/C16H27N7O3/c17-14-13(23(24)25)15(22-7-2-1-3-8-22)20-16(19-14)18-5-4-6-21-9-11-26-12-10-21/h1-12H2,(H3,17,18,19,20). The molecule has 2 saturated heterocycles. The van der Waals surface area contributed by atoms with Crippen molar-refractivity contribution in [2.75, 3.05) is 68.4 Å². The van der Waals surface area contributed by atoms with Gasteiger partial charge in [0.05, 0.1) is 18.1 Å². The van der Waals surface area contributed by atoms with Crippen LogP contribution in [0.3, 0.4) is 0 Å². The lowest BCUT2D eigenvalue weighted by Crippen LogP contribution is -2.37. The predicted molar refractivity (Wildman–Crippen MR) is 99.5 cm³/mol. The molecule has 2 aliphatic rings. The first-order chi connectivity index (χ1) is 12.6. The SMILES string of the molecule is Nc1nc(NCCCN2CCOCC2)nc(N2CCCCC2)c1[N+](=O)[O-]. The van der Waals surface area contributed by atoms with Crippen LogP contribution in [0.25, 0.3) is 0 Å². The third-order valence-corrected chi connectivity index (χ3v) is 4.77. The maximum Gasteiger partial charge on any atom is 0.353 e. The number of hydrogen-bond donors (Lipinski definition) is 2. The van der Waals surface area contributed by atoms with Gasteiger partial charge in [0.2, 0.25) is 17.6 Å². The van der Waals surface area contributed by atoms with E-state index in [0.717, 1.165) is 71.6 Å². The zero-order chi connectivity index (χ0) is 18.4. The number of anilines is 3. The van der Waals surface area contributed by atoms with Gasteiger partial charge in [-0.1, -0.05) is 0 Å². The fourth-order valence-electron chi connectivity index (χ4n) is 3.37. The molecule has 0 atom stereocenters. The quantitative estimate of drug-likeness (QED) is 0.415. The van der Waals surface area contributed by atoms with E-state index in [2.05, 4.69) is 20.2 Å². The normalized spacial score (nSPS) is 18.7. The number of nitrogens with zero attached hydrogens (tertiary/aromatic N) is 5. The molecule has 10 heteroatoms. The summed E-state index contributed by atoms with van der Waals surface area (Å²) in [6, 6.07) is 0. The van der Waals surface area contributed by atoms with Crippen molar-refractivity contribution in [1.82, 2.24) is 14.9 Å². The van der Waals surface area contributed by atoms with Crippen LogP contribution in [-0.4, -0.2) is 72.3 Å². The maximum atomic E-state index is 11.4. The Morgan fingerprint density at radius 1 is 1.15 bits per heavy atom. The van der Waals surface area contributed by atoms with Gasteiger partial charge >= 0.3 is 5.69 Å². The molecule has 0 bridgehead atoms. The second kappa shape index (κ2) is 8.95. The Morgan fingerprint density at radius 3 is 2.58 bits per heavy atom. The van der Waals surface area contributed by atoms with Gasteiger partial charge in [0, 0.05) is 32.7 Å². The molecule has 10 nitrogen and oxygen atoms in total. The van der Waals surface area contributed by atoms with Crippen LogP contribution in [0, 0.1) is 10.1 Å². The molecule has 0 aromatic carbocycles. The van der Waals surface area contributed by atoms with Gasteiger partial charge in [0.1, 0.15) is 0 Å². The van der Waals surface area contributed by atoms with Gasteiger partial charge in [0.25, 0.3) is 0 Å². The number of nitrogen functional groups attached to an aromatic ring is 1. The monoisotopic (exact) mass is 365 g/mol. The van der Waals surface area contributed by atoms with Crippen molar-refractivity contribution in [2.45, 2.75) is 25.7 Å². The van der Waals surface area contributed by atoms with Gasteiger partial charge in [-0.3, -0.25) is 15.0 Å². The minimum absolute atomic E-state index is 0.0822. The Bertz CT molecular complexity index is 616. The smallest absolute Gasteiger partial charge is 0.353 e. The molecule has 2 aliphatic heterocycles. The van der Waals surface area contributed by atoms with Gasteiger partial charge in [-0.25, -0.2) is 0 Å². The van der Waals surface area contributed by atoms with E-state index in [4.69, 9.17) is 10.5 Å². The van der Waals surface area contributed by atoms with Crippen LogP contribution in [-0.2, 0) is 4.74 Å².